The summed E-state index contributed by atoms with van der Waals surface area (Å²) >= 11 is 0. The van der Waals surface area contributed by atoms with E-state index in [9.17, 15) is 9.59 Å². The Morgan fingerprint density at radius 2 is 2.14 bits per heavy atom. The number of ether oxygens (including phenoxy) is 1. The Balaban J connectivity index is 1.48. The molecular formula is C24H30N2O3. The maximum atomic E-state index is 12.6. The summed E-state index contributed by atoms with van der Waals surface area (Å²) < 4.78 is 5.35. The van der Waals surface area contributed by atoms with E-state index in [1.165, 1.54) is 25.7 Å². The van der Waals surface area contributed by atoms with Gasteiger partial charge >= 0.3 is 0 Å². The summed E-state index contributed by atoms with van der Waals surface area (Å²) in [6, 6.07) is 5.95. The zero-order chi connectivity index (χ0) is 20.3. The van der Waals surface area contributed by atoms with Crippen molar-refractivity contribution in [2.45, 2.75) is 56.9 Å². The number of H-pyrrole nitrogens is 1. The number of allylic oxidation sites excluding steroid dienone is 1. The second-order valence-corrected chi connectivity index (χ2v) is 8.42. The van der Waals surface area contributed by atoms with Crippen molar-refractivity contribution in [3.8, 4) is 5.75 Å². The van der Waals surface area contributed by atoms with E-state index in [2.05, 4.69) is 17.1 Å². The van der Waals surface area contributed by atoms with Crippen molar-refractivity contribution in [3.63, 3.8) is 0 Å². The molecule has 1 aliphatic heterocycles. The predicted octanol–water partition coefficient (Wildman–Crippen LogP) is 4.42. The fourth-order valence-corrected chi connectivity index (χ4v) is 4.91. The highest BCUT2D eigenvalue weighted by atomic mass is 16.5. The zero-order valence-electron chi connectivity index (χ0n) is 17.2. The van der Waals surface area contributed by atoms with Gasteiger partial charge in [0, 0.05) is 30.1 Å². The highest BCUT2D eigenvalue weighted by Crippen LogP contribution is 2.34. The molecule has 1 atom stereocenters. The van der Waals surface area contributed by atoms with Gasteiger partial charge in [0.25, 0.3) is 0 Å². The first-order valence-corrected chi connectivity index (χ1v) is 10.7. The van der Waals surface area contributed by atoms with Crippen molar-refractivity contribution >= 4 is 23.1 Å². The van der Waals surface area contributed by atoms with Crippen LogP contribution in [0.1, 0.15) is 50.5 Å². The number of nitrogens with one attached hydrogen (secondary N) is 1. The Kier molecular flexibility index (Phi) is 5.74. The average molecular weight is 395 g/mol. The minimum atomic E-state index is -0.685. The van der Waals surface area contributed by atoms with Crippen molar-refractivity contribution in [3.05, 3.63) is 42.1 Å². The Morgan fingerprint density at radius 3 is 2.90 bits per heavy atom. The van der Waals surface area contributed by atoms with Gasteiger partial charge < -0.3 is 19.4 Å². The molecule has 5 heteroatoms. The molecule has 2 heterocycles. The molecule has 0 bridgehead atoms. The normalized spacial score (nSPS) is 22.9. The third-order valence-electron chi connectivity index (χ3n) is 6.69. The van der Waals surface area contributed by atoms with E-state index >= 15 is 0 Å². The lowest BCUT2D eigenvalue weighted by Gasteiger charge is -2.33. The van der Waals surface area contributed by atoms with E-state index in [-0.39, 0.29) is 5.91 Å². The number of hydrogen-bond acceptors (Lipinski definition) is 3. The van der Waals surface area contributed by atoms with Crippen LogP contribution in [-0.4, -0.2) is 41.3 Å². The van der Waals surface area contributed by atoms with E-state index < -0.39 is 5.54 Å². The molecule has 0 spiro atoms. The van der Waals surface area contributed by atoms with Crippen LogP contribution in [0.3, 0.4) is 0 Å². The number of amides is 1. The van der Waals surface area contributed by atoms with Crippen molar-refractivity contribution in [2.75, 3.05) is 13.7 Å². The first-order valence-electron chi connectivity index (χ1n) is 10.7. The van der Waals surface area contributed by atoms with E-state index in [0.29, 0.717) is 38.1 Å². The number of hydrogen-bond donors (Lipinski definition) is 1. The molecule has 1 N–H and O–H groups in total. The summed E-state index contributed by atoms with van der Waals surface area (Å²) in [6.07, 6.45) is 14.9. The largest absolute Gasteiger partial charge is 0.497 e. The summed E-state index contributed by atoms with van der Waals surface area (Å²) in [5, 5.41) is 1.11. The van der Waals surface area contributed by atoms with Crippen molar-refractivity contribution < 1.29 is 14.3 Å². The molecule has 1 saturated heterocycles. The fraction of sp³-hybridized carbons (Fsp3) is 0.500. The first kappa shape index (κ1) is 19.7. The number of carbonyl (C=O) groups excluding carboxylic acids is 2. The molecule has 0 unspecified atom stereocenters. The monoisotopic (exact) mass is 394 g/mol. The second kappa shape index (κ2) is 8.44. The SMILES string of the molecule is COc1ccc2[nH]cc(CCN3C(=O)CC[C@@]3(C=O)C/C=C/C3CCCC3)c2c1. The van der Waals surface area contributed by atoms with Gasteiger partial charge in [-0.15, -0.1) is 0 Å². The molecule has 0 radical (unpaired) electrons. The number of benzene rings is 1. The van der Waals surface area contributed by atoms with Gasteiger partial charge in [-0.05, 0) is 61.8 Å². The Bertz CT molecular complexity index is 910. The van der Waals surface area contributed by atoms with Crippen molar-refractivity contribution in [2.24, 2.45) is 5.92 Å². The standard InChI is InChI=1S/C24H30N2O3/c1-29-20-8-9-22-21(15-20)19(16-25-22)11-14-26-23(28)10-13-24(26,17-27)12-4-7-18-5-2-3-6-18/h4,7-9,15-18,25H,2-3,5-6,10-14H2,1H3/b7-4+/t24-/m1/s1. The number of likely N-dealkylation sites (tertiary alicyclic amines) is 1. The van der Waals surface area contributed by atoms with Crippen LogP contribution in [0.15, 0.2) is 36.5 Å². The molecule has 2 aromatic rings. The van der Waals surface area contributed by atoms with Crippen molar-refractivity contribution in [1.29, 1.82) is 0 Å². The maximum Gasteiger partial charge on any atom is 0.223 e. The molecule has 1 aromatic heterocycles. The summed E-state index contributed by atoms with van der Waals surface area (Å²) in [5.74, 6) is 1.55. The van der Waals surface area contributed by atoms with Crippen LogP contribution in [0.2, 0.25) is 0 Å². The lowest BCUT2D eigenvalue weighted by Crippen LogP contribution is -2.47. The van der Waals surface area contributed by atoms with Crippen LogP contribution in [0.25, 0.3) is 10.9 Å². The van der Waals surface area contributed by atoms with Crippen LogP contribution in [-0.2, 0) is 16.0 Å². The minimum absolute atomic E-state index is 0.0868. The Hall–Kier alpha value is -2.56. The molecule has 1 aromatic carbocycles. The minimum Gasteiger partial charge on any atom is -0.497 e. The second-order valence-electron chi connectivity index (χ2n) is 8.42. The van der Waals surface area contributed by atoms with Gasteiger partial charge in [-0.25, -0.2) is 0 Å². The molecule has 4 rings (SSSR count). The summed E-state index contributed by atoms with van der Waals surface area (Å²) in [6.45, 7) is 0.555. The Morgan fingerprint density at radius 1 is 1.31 bits per heavy atom. The van der Waals surface area contributed by atoms with Gasteiger partial charge in [-0.3, -0.25) is 4.79 Å². The van der Waals surface area contributed by atoms with E-state index in [1.54, 1.807) is 7.11 Å². The van der Waals surface area contributed by atoms with E-state index in [0.717, 1.165) is 28.5 Å². The summed E-state index contributed by atoms with van der Waals surface area (Å²) in [4.78, 5) is 29.8. The number of carbonyl (C=O) groups is 2. The molecular weight excluding hydrogens is 364 g/mol. The molecule has 1 aliphatic carbocycles. The van der Waals surface area contributed by atoms with Gasteiger partial charge in [-0.2, -0.15) is 0 Å². The number of fused-ring (bicyclic) bond motifs is 1. The molecule has 29 heavy (non-hydrogen) atoms. The molecule has 1 amide bonds. The lowest BCUT2D eigenvalue weighted by atomic mass is 9.92. The van der Waals surface area contributed by atoms with Gasteiger partial charge in [0.15, 0.2) is 0 Å². The fourth-order valence-electron chi connectivity index (χ4n) is 4.91. The molecule has 2 fully saturated rings. The third kappa shape index (κ3) is 3.96. The van der Waals surface area contributed by atoms with Crippen LogP contribution in [0.5, 0.6) is 5.75 Å². The molecule has 2 aliphatic rings. The zero-order valence-corrected chi connectivity index (χ0v) is 17.2. The van der Waals surface area contributed by atoms with Gasteiger partial charge in [0.2, 0.25) is 5.91 Å². The van der Waals surface area contributed by atoms with Crippen LogP contribution < -0.4 is 4.74 Å². The van der Waals surface area contributed by atoms with Crippen molar-refractivity contribution in [1.82, 2.24) is 9.88 Å². The van der Waals surface area contributed by atoms with Crippen LogP contribution in [0, 0.1) is 5.92 Å². The number of aldehydes is 1. The lowest BCUT2D eigenvalue weighted by molar-refractivity contribution is -0.135. The van der Waals surface area contributed by atoms with Crippen LogP contribution in [0.4, 0.5) is 0 Å². The maximum absolute atomic E-state index is 12.6. The average Bonchev–Trinajstić information content (AvgIpc) is 3.47. The number of rotatable bonds is 8. The number of aromatic nitrogens is 1. The topological polar surface area (TPSA) is 62.4 Å². The van der Waals surface area contributed by atoms with E-state index in [1.807, 2.05) is 29.3 Å². The van der Waals surface area contributed by atoms with E-state index in [4.69, 9.17) is 4.74 Å². The quantitative estimate of drug-likeness (QED) is 0.533. The Labute approximate surface area is 172 Å². The number of aromatic amines is 1. The number of methoxy groups -OCH3 is 1. The highest BCUT2D eigenvalue weighted by molar-refractivity contribution is 5.87. The third-order valence-corrected chi connectivity index (χ3v) is 6.69. The highest BCUT2D eigenvalue weighted by Gasteiger charge is 2.44. The predicted molar refractivity (Wildman–Crippen MR) is 114 cm³/mol. The number of nitrogens with zero attached hydrogens (tertiary/aromatic N) is 1. The van der Waals surface area contributed by atoms with Gasteiger partial charge in [-0.1, -0.05) is 25.0 Å². The first-order chi connectivity index (χ1) is 14.1. The van der Waals surface area contributed by atoms with Gasteiger partial charge in [0.05, 0.1) is 7.11 Å². The summed E-state index contributed by atoms with van der Waals surface area (Å²) in [5.41, 5.74) is 1.50. The smallest absolute Gasteiger partial charge is 0.223 e. The molecule has 1 saturated carbocycles. The van der Waals surface area contributed by atoms with Crippen LogP contribution >= 0.6 is 0 Å². The molecule has 154 valence electrons. The summed E-state index contributed by atoms with van der Waals surface area (Å²) in [7, 11) is 1.66. The van der Waals surface area contributed by atoms with Gasteiger partial charge in [0.1, 0.15) is 17.6 Å². The molecule has 5 nitrogen and oxygen atoms in total.